The van der Waals surface area contributed by atoms with Crippen molar-refractivity contribution in [1.29, 1.82) is 0 Å². The van der Waals surface area contributed by atoms with Crippen LogP contribution >= 0.6 is 0 Å². The molecule has 2 N–H and O–H groups in total. The Balaban J connectivity index is 2.07. The highest BCUT2D eigenvalue weighted by Gasteiger charge is 2.10. The summed E-state index contributed by atoms with van der Waals surface area (Å²) in [6.45, 7) is 5.29. The lowest BCUT2D eigenvalue weighted by Gasteiger charge is -2.14. The third-order valence-corrected chi connectivity index (χ3v) is 3.43. The molecule has 0 aliphatic rings. The van der Waals surface area contributed by atoms with Crippen LogP contribution < -0.4 is 10.5 Å². The van der Waals surface area contributed by atoms with E-state index in [9.17, 15) is 4.39 Å². The van der Waals surface area contributed by atoms with Crippen molar-refractivity contribution in [2.75, 3.05) is 0 Å². The smallest absolute Gasteiger partial charge is 0.123 e. The Bertz CT molecular complexity index is 583. The van der Waals surface area contributed by atoms with E-state index in [1.54, 1.807) is 12.3 Å². The van der Waals surface area contributed by atoms with Crippen molar-refractivity contribution < 1.29 is 9.13 Å². The Labute approximate surface area is 124 Å². The van der Waals surface area contributed by atoms with Gasteiger partial charge < -0.3 is 10.5 Å². The van der Waals surface area contributed by atoms with Gasteiger partial charge in [0.05, 0.1) is 6.20 Å². The lowest BCUT2D eigenvalue weighted by molar-refractivity contribution is 0.301. The molecule has 0 saturated carbocycles. The maximum Gasteiger partial charge on any atom is 0.123 e. The third-order valence-electron chi connectivity index (χ3n) is 3.43. The van der Waals surface area contributed by atoms with E-state index in [-0.39, 0.29) is 11.9 Å². The summed E-state index contributed by atoms with van der Waals surface area (Å²) in [7, 11) is 0. The van der Waals surface area contributed by atoms with Crippen LogP contribution in [0.15, 0.2) is 30.6 Å². The lowest BCUT2D eigenvalue weighted by atomic mass is 10.0. The topological polar surface area (TPSA) is 53.1 Å². The standard InChI is InChI=1S/C16H22FN3O/c1-3-15(18)8-13-7-14(17)5-6-16(13)21-11-12-9-19-20(4-2)10-12/h5-7,9-10,15H,3-4,8,11,18H2,1-2H3. The number of hydrogen-bond donors (Lipinski definition) is 1. The molecule has 1 aromatic heterocycles. The molecule has 0 aliphatic heterocycles. The minimum Gasteiger partial charge on any atom is -0.489 e. The summed E-state index contributed by atoms with van der Waals surface area (Å²) >= 11 is 0. The molecule has 0 fully saturated rings. The molecule has 4 nitrogen and oxygen atoms in total. The van der Waals surface area contributed by atoms with Crippen molar-refractivity contribution in [2.45, 2.75) is 45.9 Å². The quantitative estimate of drug-likeness (QED) is 0.853. The Morgan fingerprint density at radius 3 is 2.86 bits per heavy atom. The molecule has 0 aliphatic carbocycles. The van der Waals surface area contributed by atoms with Gasteiger partial charge in [0.2, 0.25) is 0 Å². The average Bonchev–Trinajstić information content (AvgIpc) is 2.94. The molecule has 1 aromatic carbocycles. The molecule has 0 saturated heterocycles. The highest BCUT2D eigenvalue weighted by atomic mass is 19.1. The molecule has 1 heterocycles. The Morgan fingerprint density at radius 1 is 1.38 bits per heavy atom. The van der Waals surface area contributed by atoms with Gasteiger partial charge in [0.15, 0.2) is 0 Å². The molecule has 114 valence electrons. The van der Waals surface area contributed by atoms with E-state index < -0.39 is 0 Å². The summed E-state index contributed by atoms with van der Waals surface area (Å²) < 4.78 is 21.1. The van der Waals surface area contributed by atoms with E-state index >= 15 is 0 Å². The molecule has 1 unspecified atom stereocenters. The van der Waals surface area contributed by atoms with Gasteiger partial charge in [-0.25, -0.2) is 4.39 Å². The van der Waals surface area contributed by atoms with E-state index in [1.807, 2.05) is 24.7 Å². The highest BCUT2D eigenvalue weighted by molar-refractivity contribution is 5.35. The fourth-order valence-electron chi connectivity index (χ4n) is 2.09. The number of halogens is 1. The van der Waals surface area contributed by atoms with Gasteiger partial charge in [-0.3, -0.25) is 4.68 Å². The largest absolute Gasteiger partial charge is 0.489 e. The number of nitrogens with two attached hydrogens (primary N) is 1. The lowest BCUT2D eigenvalue weighted by Crippen LogP contribution is -2.21. The van der Waals surface area contributed by atoms with Crippen LogP contribution in [0.4, 0.5) is 4.39 Å². The van der Waals surface area contributed by atoms with Gasteiger partial charge in [-0.05, 0) is 43.5 Å². The molecule has 2 rings (SSSR count). The molecule has 21 heavy (non-hydrogen) atoms. The van der Waals surface area contributed by atoms with Crippen LogP contribution in [0.3, 0.4) is 0 Å². The molecule has 0 spiro atoms. The molecule has 0 radical (unpaired) electrons. The van der Waals surface area contributed by atoms with Crippen LogP contribution in [0, 0.1) is 5.82 Å². The fraction of sp³-hybridized carbons (Fsp3) is 0.438. The minimum atomic E-state index is -0.264. The number of aromatic nitrogens is 2. The van der Waals surface area contributed by atoms with Crippen molar-refractivity contribution in [3.8, 4) is 5.75 Å². The SMILES string of the molecule is CCC(N)Cc1cc(F)ccc1OCc1cnn(CC)c1. The first-order chi connectivity index (χ1) is 10.1. The van der Waals surface area contributed by atoms with Gasteiger partial charge in [0, 0.05) is 24.3 Å². The van der Waals surface area contributed by atoms with Crippen LogP contribution in [0.25, 0.3) is 0 Å². The van der Waals surface area contributed by atoms with E-state index in [1.165, 1.54) is 12.1 Å². The van der Waals surface area contributed by atoms with Gasteiger partial charge in [0.1, 0.15) is 18.2 Å². The second-order valence-electron chi connectivity index (χ2n) is 5.12. The number of aryl methyl sites for hydroxylation is 1. The number of benzene rings is 1. The van der Waals surface area contributed by atoms with Crippen molar-refractivity contribution in [2.24, 2.45) is 5.73 Å². The number of ether oxygens (including phenoxy) is 1. The summed E-state index contributed by atoms with van der Waals surface area (Å²) in [6.07, 6.45) is 5.18. The number of nitrogens with zero attached hydrogens (tertiary/aromatic N) is 2. The Hall–Kier alpha value is -1.88. The van der Waals surface area contributed by atoms with Crippen LogP contribution in [-0.4, -0.2) is 15.8 Å². The van der Waals surface area contributed by atoms with Crippen LogP contribution in [-0.2, 0) is 19.6 Å². The van der Waals surface area contributed by atoms with E-state index in [0.717, 1.165) is 24.1 Å². The molecule has 5 heteroatoms. The van der Waals surface area contributed by atoms with E-state index in [4.69, 9.17) is 10.5 Å². The van der Waals surface area contributed by atoms with Gasteiger partial charge in [-0.1, -0.05) is 6.92 Å². The second kappa shape index (κ2) is 7.22. The molecule has 1 atom stereocenters. The van der Waals surface area contributed by atoms with Crippen molar-refractivity contribution in [3.05, 3.63) is 47.5 Å². The van der Waals surface area contributed by atoms with Crippen LogP contribution in [0.5, 0.6) is 5.75 Å². The van der Waals surface area contributed by atoms with E-state index in [0.29, 0.717) is 18.8 Å². The minimum absolute atomic E-state index is 0.0111. The van der Waals surface area contributed by atoms with E-state index in [2.05, 4.69) is 5.10 Å². The zero-order chi connectivity index (χ0) is 15.2. The maximum atomic E-state index is 13.4. The first-order valence-electron chi connectivity index (χ1n) is 7.30. The van der Waals surface area contributed by atoms with Crippen LogP contribution in [0.1, 0.15) is 31.4 Å². The summed E-state index contributed by atoms with van der Waals surface area (Å²) in [5, 5.41) is 4.20. The Morgan fingerprint density at radius 2 is 2.19 bits per heavy atom. The zero-order valence-corrected chi connectivity index (χ0v) is 12.6. The predicted octanol–water partition coefficient (Wildman–Crippen LogP) is 2.90. The number of rotatable bonds is 7. The second-order valence-corrected chi connectivity index (χ2v) is 5.12. The maximum absolute atomic E-state index is 13.4. The van der Waals surface area contributed by atoms with Crippen molar-refractivity contribution in [3.63, 3.8) is 0 Å². The predicted molar refractivity (Wildman–Crippen MR) is 80.6 cm³/mol. The summed E-state index contributed by atoms with van der Waals surface area (Å²) in [6, 6.07) is 4.58. The van der Waals surface area contributed by atoms with Crippen LogP contribution in [0.2, 0.25) is 0 Å². The van der Waals surface area contributed by atoms with Gasteiger partial charge in [-0.2, -0.15) is 5.10 Å². The normalized spacial score (nSPS) is 12.4. The zero-order valence-electron chi connectivity index (χ0n) is 12.6. The van der Waals surface area contributed by atoms with Crippen molar-refractivity contribution >= 4 is 0 Å². The third kappa shape index (κ3) is 4.29. The molecular formula is C16H22FN3O. The summed E-state index contributed by atoms with van der Waals surface area (Å²) in [4.78, 5) is 0. The number of hydrogen-bond acceptors (Lipinski definition) is 3. The van der Waals surface area contributed by atoms with Gasteiger partial charge in [-0.15, -0.1) is 0 Å². The van der Waals surface area contributed by atoms with Crippen molar-refractivity contribution in [1.82, 2.24) is 9.78 Å². The molecule has 0 bridgehead atoms. The first kappa shape index (κ1) is 15.5. The Kier molecular flexibility index (Phi) is 5.33. The summed E-state index contributed by atoms with van der Waals surface area (Å²) in [5.41, 5.74) is 7.77. The molecule has 0 amide bonds. The fourth-order valence-corrected chi connectivity index (χ4v) is 2.09. The van der Waals surface area contributed by atoms with Gasteiger partial charge >= 0.3 is 0 Å². The highest BCUT2D eigenvalue weighted by Crippen LogP contribution is 2.22. The average molecular weight is 291 g/mol. The first-order valence-corrected chi connectivity index (χ1v) is 7.30. The molecule has 2 aromatic rings. The van der Waals surface area contributed by atoms with Gasteiger partial charge in [0.25, 0.3) is 0 Å². The monoisotopic (exact) mass is 291 g/mol. The molecular weight excluding hydrogens is 269 g/mol. The summed E-state index contributed by atoms with van der Waals surface area (Å²) in [5.74, 6) is 0.420.